The molecule has 0 saturated carbocycles. The number of carbonyl (C=O) groups is 1. The molecule has 0 saturated heterocycles. The van der Waals surface area contributed by atoms with Gasteiger partial charge in [0, 0.05) is 0 Å². The van der Waals surface area contributed by atoms with Crippen LogP contribution in [0.3, 0.4) is 0 Å². The van der Waals surface area contributed by atoms with Gasteiger partial charge in [0.05, 0.1) is 29.3 Å². The van der Waals surface area contributed by atoms with Gasteiger partial charge in [-0.05, 0) is 31.5 Å². The SMILES string of the molecule is CC(C)OC(=O)CSc1nnc2n(Cc3ccccc3)c(=O)c3ccccc3n12. The van der Waals surface area contributed by atoms with E-state index in [0.29, 0.717) is 28.4 Å². The van der Waals surface area contributed by atoms with Gasteiger partial charge in [-0.1, -0.05) is 54.2 Å². The number of thioether (sulfide) groups is 1. The molecule has 2 heterocycles. The molecule has 0 atom stereocenters. The van der Waals surface area contributed by atoms with Gasteiger partial charge in [0.25, 0.3) is 5.56 Å². The quantitative estimate of drug-likeness (QED) is 0.360. The third-order valence-corrected chi connectivity index (χ3v) is 5.25. The topological polar surface area (TPSA) is 78.5 Å². The smallest absolute Gasteiger partial charge is 0.316 e. The lowest BCUT2D eigenvalue weighted by Gasteiger charge is -2.11. The number of hydrogen-bond acceptors (Lipinski definition) is 6. The molecule has 0 aliphatic heterocycles. The summed E-state index contributed by atoms with van der Waals surface area (Å²) in [5, 5.41) is 9.63. The van der Waals surface area contributed by atoms with Crippen molar-refractivity contribution in [2.24, 2.45) is 0 Å². The Balaban J connectivity index is 1.82. The van der Waals surface area contributed by atoms with Crippen LogP contribution in [0.1, 0.15) is 19.4 Å². The Labute approximate surface area is 171 Å². The molecule has 4 rings (SSSR count). The van der Waals surface area contributed by atoms with E-state index in [1.54, 1.807) is 10.6 Å². The highest BCUT2D eigenvalue weighted by Gasteiger charge is 2.18. The molecule has 0 amide bonds. The third-order valence-electron chi connectivity index (χ3n) is 4.35. The van der Waals surface area contributed by atoms with Crippen LogP contribution in [0.2, 0.25) is 0 Å². The molecule has 0 aliphatic rings. The maximum Gasteiger partial charge on any atom is 0.316 e. The summed E-state index contributed by atoms with van der Waals surface area (Å²) in [6.45, 7) is 4.00. The first kappa shape index (κ1) is 19.2. The molecule has 2 aromatic heterocycles. The Morgan fingerprint density at radius 1 is 1.07 bits per heavy atom. The van der Waals surface area contributed by atoms with Crippen molar-refractivity contribution in [1.82, 2.24) is 19.2 Å². The fourth-order valence-electron chi connectivity index (χ4n) is 3.16. The van der Waals surface area contributed by atoms with Gasteiger partial charge in [-0.3, -0.25) is 18.6 Å². The number of fused-ring (bicyclic) bond motifs is 3. The van der Waals surface area contributed by atoms with Crippen molar-refractivity contribution in [1.29, 1.82) is 0 Å². The summed E-state index contributed by atoms with van der Waals surface area (Å²) in [6, 6.07) is 17.1. The Morgan fingerprint density at radius 3 is 2.55 bits per heavy atom. The van der Waals surface area contributed by atoms with Crippen LogP contribution in [-0.2, 0) is 16.1 Å². The van der Waals surface area contributed by atoms with Gasteiger partial charge in [0.15, 0.2) is 5.16 Å². The van der Waals surface area contributed by atoms with Gasteiger partial charge in [0.1, 0.15) is 0 Å². The van der Waals surface area contributed by atoms with E-state index in [-0.39, 0.29) is 23.4 Å². The predicted octanol–water partition coefficient (Wildman–Crippen LogP) is 3.14. The van der Waals surface area contributed by atoms with Crippen molar-refractivity contribution in [2.45, 2.75) is 31.7 Å². The Morgan fingerprint density at radius 2 is 1.79 bits per heavy atom. The molecule has 0 aliphatic carbocycles. The van der Waals surface area contributed by atoms with Crippen LogP contribution in [0.15, 0.2) is 64.5 Å². The van der Waals surface area contributed by atoms with Gasteiger partial charge in [-0.25, -0.2) is 0 Å². The molecule has 4 aromatic rings. The molecule has 0 N–H and O–H groups in total. The van der Waals surface area contributed by atoms with Gasteiger partial charge in [-0.2, -0.15) is 0 Å². The lowest BCUT2D eigenvalue weighted by Crippen LogP contribution is -2.24. The largest absolute Gasteiger partial charge is 0.462 e. The molecule has 148 valence electrons. The molecular weight excluding hydrogens is 388 g/mol. The number of ether oxygens (including phenoxy) is 1. The number of hydrogen-bond donors (Lipinski definition) is 0. The van der Waals surface area contributed by atoms with Crippen molar-refractivity contribution < 1.29 is 9.53 Å². The summed E-state index contributed by atoms with van der Waals surface area (Å²) in [7, 11) is 0. The highest BCUT2D eigenvalue weighted by molar-refractivity contribution is 7.99. The van der Waals surface area contributed by atoms with E-state index in [1.165, 1.54) is 11.8 Å². The maximum atomic E-state index is 13.1. The van der Waals surface area contributed by atoms with Crippen molar-refractivity contribution in [2.75, 3.05) is 5.75 Å². The van der Waals surface area contributed by atoms with E-state index in [0.717, 1.165) is 5.56 Å². The van der Waals surface area contributed by atoms with Gasteiger partial charge >= 0.3 is 5.97 Å². The number of nitrogens with zero attached hydrogens (tertiary/aromatic N) is 4. The van der Waals surface area contributed by atoms with Crippen molar-refractivity contribution in [3.05, 3.63) is 70.5 Å². The Hall–Kier alpha value is -3.13. The van der Waals surface area contributed by atoms with Crippen LogP contribution < -0.4 is 5.56 Å². The van der Waals surface area contributed by atoms with Gasteiger partial charge in [-0.15, -0.1) is 10.2 Å². The normalized spacial score (nSPS) is 11.4. The second-order valence-corrected chi connectivity index (χ2v) is 7.78. The first-order valence-electron chi connectivity index (χ1n) is 9.27. The number of esters is 1. The molecule has 0 spiro atoms. The summed E-state index contributed by atoms with van der Waals surface area (Å²) in [4.78, 5) is 25.1. The van der Waals surface area contributed by atoms with E-state index >= 15 is 0 Å². The van der Waals surface area contributed by atoms with Gasteiger partial charge in [0.2, 0.25) is 5.78 Å². The molecule has 0 radical (unpaired) electrons. The van der Waals surface area contributed by atoms with Crippen LogP contribution in [0.25, 0.3) is 16.7 Å². The minimum Gasteiger partial charge on any atom is -0.462 e. The minimum atomic E-state index is -0.316. The summed E-state index contributed by atoms with van der Waals surface area (Å²) in [5.74, 6) is 0.242. The Bertz CT molecular complexity index is 1230. The number of benzene rings is 2. The average Bonchev–Trinajstić information content (AvgIpc) is 3.14. The van der Waals surface area contributed by atoms with E-state index in [9.17, 15) is 9.59 Å². The number of para-hydroxylation sites is 1. The Kier molecular flexibility index (Phi) is 5.35. The molecule has 0 unspecified atom stereocenters. The zero-order chi connectivity index (χ0) is 20.4. The lowest BCUT2D eigenvalue weighted by molar-refractivity contribution is -0.144. The van der Waals surface area contributed by atoms with Crippen LogP contribution in [-0.4, -0.2) is 37.0 Å². The van der Waals surface area contributed by atoms with Crippen LogP contribution in [0.5, 0.6) is 0 Å². The van der Waals surface area contributed by atoms with E-state index in [4.69, 9.17) is 4.74 Å². The molecule has 2 aromatic carbocycles. The first-order chi connectivity index (χ1) is 14.0. The van der Waals surface area contributed by atoms with E-state index in [2.05, 4.69) is 10.2 Å². The standard InChI is InChI=1S/C21H20N4O3S/c1-14(2)28-18(26)13-29-21-23-22-20-24(12-15-8-4-3-5-9-15)19(27)16-10-6-7-11-17(16)25(20)21/h3-11,14H,12-13H2,1-2H3. The van der Waals surface area contributed by atoms with Gasteiger partial charge < -0.3 is 4.74 Å². The highest BCUT2D eigenvalue weighted by atomic mass is 32.2. The summed E-state index contributed by atoms with van der Waals surface area (Å²) >= 11 is 1.24. The van der Waals surface area contributed by atoms with E-state index < -0.39 is 0 Å². The predicted molar refractivity (Wildman–Crippen MR) is 112 cm³/mol. The molecule has 8 heteroatoms. The summed E-state index contributed by atoms with van der Waals surface area (Å²) < 4.78 is 8.64. The monoisotopic (exact) mass is 408 g/mol. The molecule has 0 fully saturated rings. The van der Waals surface area contributed by atoms with Crippen molar-refractivity contribution >= 4 is 34.4 Å². The average molecular weight is 408 g/mol. The zero-order valence-corrected chi connectivity index (χ0v) is 16.9. The lowest BCUT2D eigenvalue weighted by atomic mass is 10.2. The molecular formula is C21H20N4O3S. The summed E-state index contributed by atoms with van der Waals surface area (Å²) in [6.07, 6.45) is -0.171. The second kappa shape index (κ2) is 8.08. The van der Waals surface area contributed by atoms with Crippen LogP contribution >= 0.6 is 11.8 Å². The molecule has 0 bridgehead atoms. The first-order valence-corrected chi connectivity index (χ1v) is 10.3. The molecule has 29 heavy (non-hydrogen) atoms. The fourth-order valence-corrected chi connectivity index (χ4v) is 3.88. The highest BCUT2D eigenvalue weighted by Crippen LogP contribution is 2.22. The number of carbonyl (C=O) groups excluding carboxylic acids is 1. The third kappa shape index (κ3) is 3.88. The van der Waals surface area contributed by atoms with Crippen LogP contribution in [0.4, 0.5) is 0 Å². The minimum absolute atomic E-state index is 0.116. The fraction of sp³-hybridized carbons (Fsp3) is 0.238. The number of aromatic nitrogens is 4. The van der Waals surface area contributed by atoms with E-state index in [1.807, 2.05) is 66.8 Å². The zero-order valence-electron chi connectivity index (χ0n) is 16.1. The van der Waals surface area contributed by atoms with Crippen molar-refractivity contribution in [3.63, 3.8) is 0 Å². The van der Waals surface area contributed by atoms with Crippen LogP contribution in [0, 0.1) is 0 Å². The summed E-state index contributed by atoms with van der Waals surface area (Å²) in [5.41, 5.74) is 1.58. The second-order valence-electron chi connectivity index (χ2n) is 6.84. The maximum absolute atomic E-state index is 13.1. The number of rotatable bonds is 6. The molecule has 7 nitrogen and oxygen atoms in total. The van der Waals surface area contributed by atoms with Crippen molar-refractivity contribution in [3.8, 4) is 0 Å².